The van der Waals surface area contributed by atoms with Gasteiger partial charge < -0.3 is 9.47 Å². The highest BCUT2D eigenvalue weighted by molar-refractivity contribution is 5.84. The SMILES string of the molecule is C/C=C/C(=O)Oc1ccccc1C#CCOCC#Cc1ccccc1. The van der Waals surface area contributed by atoms with Gasteiger partial charge in [0.1, 0.15) is 19.0 Å². The molecule has 2 aromatic carbocycles. The maximum absolute atomic E-state index is 11.5. The lowest BCUT2D eigenvalue weighted by Gasteiger charge is -2.03. The number of hydrogen-bond acceptors (Lipinski definition) is 3. The Bertz CT molecular complexity index is 843. The summed E-state index contributed by atoms with van der Waals surface area (Å²) in [4.78, 5) is 11.5. The molecule has 2 rings (SSSR count). The Hall–Kier alpha value is -3.27. The Morgan fingerprint density at radius 2 is 1.64 bits per heavy atom. The summed E-state index contributed by atoms with van der Waals surface area (Å²) >= 11 is 0. The fourth-order valence-corrected chi connectivity index (χ4v) is 1.88. The summed E-state index contributed by atoms with van der Waals surface area (Å²) in [7, 11) is 0. The minimum absolute atomic E-state index is 0.251. The number of carbonyl (C=O) groups excluding carboxylic acids is 1. The van der Waals surface area contributed by atoms with E-state index in [0.29, 0.717) is 17.9 Å². The van der Waals surface area contributed by atoms with Crippen LogP contribution in [0.2, 0.25) is 0 Å². The summed E-state index contributed by atoms with van der Waals surface area (Å²) in [5.41, 5.74) is 1.59. The van der Waals surface area contributed by atoms with Gasteiger partial charge in [0.15, 0.2) is 0 Å². The molecule has 0 aliphatic rings. The summed E-state index contributed by atoms with van der Waals surface area (Å²) < 4.78 is 10.6. The van der Waals surface area contributed by atoms with E-state index in [2.05, 4.69) is 23.7 Å². The topological polar surface area (TPSA) is 35.5 Å². The normalized spacial score (nSPS) is 9.64. The van der Waals surface area contributed by atoms with Gasteiger partial charge in [-0.15, -0.1) is 0 Å². The molecular weight excluding hydrogens is 312 g/mol. The van der Waals surface area contributed by atoms with E-state index in [1.807, 2.05) is 36.4 Å². The number of hydrogen-bond donors (Lipinski definition) is 0. The Morgan fingerprint density at radius 1 is 0.960 bits per heavy atom. The minimum atomic E-state index is -0.427. The van der Waals surface area contributed by atoms with Gasteiger partial charge in [0.05, 0.1) is 5.56 Å². The average Bonchev–Trinajstić information content (AvgIpc) is 2.63. The lowest BCUT2D eigenvalue weighted by molar-refractivity contribution is -0.129. The molecule has 2 aromatic rings. The summed E-state index contributed by atoms with van der Waals surface area (Å²) in [6, 6.07) is 16.8. The van der Waals surface area contributed by atoms with E-state index in [1.54, 1.807) is 31.2 Å². The van der Waals surface area contributed by atoms with Crippen molar-refractivity contribution in [3.63, 3.8) is 0 Å². The van der Waals surface area contributed by atoms with Crippen LogP contribution in [0.3, 0.4) is 0 Å². The predicted octanol–water partition coefficient (Wildman–Crippen LogP) is 3.59. The Balaban J connectivity index is 1.85. The van der Waals surface area contributed by atoms with Crippen molar-refractivity contribution in [2.45, 2.75) is 6.92 Å². The van der Waals surface area contributed by atoms with E-state index in [1.165, 1.54) is 6.08 Å². The van der Waals surface area contributed by atoms with E-state index in [0.717, 1.165) is 5.56 Å². The summed E-state index contributed by atoms with van der Waals surface area (Å²) in [5, 5.41) is 0. The monoisotopic (exact) mass is 330 g/mol. The molecule has 0 aliphatic carbocycles. The number of rotatable bonds is 4. The van der Waals surface area contributed by atoms with Crippen molar-refractivity contribution in [2.75, 3.05) is 13.2 Å². The first-order chi connectivity index (χ1) is 12.3. The van der Waals surface area contributed by atoms with Crippen LogP contribution in [0.15, 0.2) is 66.7 Å². The summed E-state index contributed by atoms with van der Waals surface area (Å²) in [6.45, 7) is 2.31. The van der Waals surface area contributed by atoms with Gasteiger partial charge in [0.2, 0.25) is 0 Å². The largest absolute Gasteiger partial charge is 0.422 e. The Kier molecular flexibility index (Phi) is 7.59. The maximum atomic E-state index is 11.5. The zero-order chi connectivity index (χ0) is 17.7. The second-order valence-electron chi connectivity index (χ2n) is 4.88. The standard InChI is InChI=1S/C22H18O3/c1-2-10-22(23)25-21-16-7-6-14-20(21)15-9-18-24-17-8-13-19-11-4-3-5-12-19/h2-7,10-12,14,16H,17-18H2,1H3/b10-2+. The average molecular weight is 330 g/mol. The van der Waals surface area contributed by atoms with Gasteiger partial charge in [-0.25, -0.2) is 4.79 Å². The molecule has 0 N–H and O–H groups in total. The lowest BCUT2D eigenvalue weighted by atomic mass is 10.2. The van der Waals surface area contributed by atoms with E-state index in [4.69, 9.17) is 9.47 Å². The fraction of sp³-hybridized carbons (Fsp3) is 0.136. The van der Waals surface area contributed by atoms with E-state index in [9.17, 15) is 4.79 Å². The van der Waals surface area contributed by atoms with Gasteiger partial charge in [-0.05, 0) is 31.2 Å². The molecule has 25 heavy (non-hydrogen) atoms. The molecule has 0 saturated heterocycles. The molecule has 0 saturated carbocycles. The van der Waals surface area contributed by atoms with Gasteiger partial charge >= 0.3 is 5.97 Å². The van der Waals surface area contributed by atoms with Crippen LogP contribution >= 0.6 is 0 Å². The second-order valence-corrected chi connectivity index (χ2v) is 4.88. The smallest absolute Gasteiger partial charge is 0.335 e. The van der Waals surface area contributed by atoms with Crippen LogP contribution in [-0.2, 0) is 9.53 Å². The Morgan fingerprint density at radius 3 is 2.40 bits per heavy atom. The molecule has 3 nitrogen and oxygen atoms in total. The zero-order valence-corrected chi connectivity index (χ0v) is 14.0. The van der Waals surface area contributed by atoms with Gasteiger partial charge in [-0.3, -0.25) is 0 Å². The number of allylic oxidation sites excluding steroid dienone is 1. The zero-order valence-electron chi connectivity index (χ0n) is 14.0. The van der Waals surface area contributed by atoms with Gasteiger partial charge in [-0.1, -0.05) is 60.1 Å². The van der Waals surface area contributed by atoms with Crippen LogP contribution in [0.5, 0.6) is 5.75 Å². The highest BCUT2D eigenvalue weighted by Crippen LogP contribution is 2.16. The van der Waals surface area contributed by atoms with Crippen LogP contribution in [0.4, 0.5) is 0 Å². The molecule has 0 aliphatic heterocycles. The molecule has 0 heterocycles. The lowest BCUT2D eigenvalue weighted by Crippen LogP contribution is -2.04. The first-order valence-corrected chi connectivity index (χ1v) is 7.83. The van der Waals surface area contributed by atoms with Crippen molar-refractivity contribution >= 4 is 5.97 Å². The number of carbonyl (C=O) groups is 1. The van der Waals surface area contributed by atoms with Gasteiger partial charge in [-0.2, -0.15) is 0 Å². The van der Waals surface area contributed by atoms with Crippen LogP contribution < -0.4 is 4.74 Å². The van der Waals surface area contributed by atoms with Crippen molar-refractivity contribution in [1.82, 2.24) is 0 Å². The van der Waals surface area contributed by atoms with Crippen LogP contribution in [0.1, 0.15) is 18.1 Å². The second kappa shape index (κ2) is 10.5. The molecule has 0 amide bonds. The number of esters is 1. The van der Waals surface area contributed by atoms with Gasteiger partial charge in [0, 0.05) is 11.6 Å². The predicted molar refractivity (Wildman–Crippen MR) is 97.9 cm³/mol. The van der Waals surface area contributed by atoms with Crippen molar-refractivity contribution in [1.29, 1.82) is 0 Å². The van der Waals surface area contributed by atoms with E-state index in [-0.39, 0.29) is 6.61 Å². The molecule has 0 atom stereocenters. The highest BCUT2D eigenvalue weighted by atomic mass is 16.5. The third-order valence-electron chi connectivity index (χ3n) is 2.98. The minimum Gasteiger partial charge on any atom is -0.422 e. The number of ether oxygens (including phenoxy) is 2. The van der Waals surface area contributed by atoms with Crippen LogP contribution in [0.25, 0.3) is 0 Å². The summed E-state index contributed by atoms with van der Waals surface area (Å²) in [5.74, 6) is 11.8. The first kappa shape index (κ1) is 18.1. The molecule has 0 aromatic heterocycles. The van der Waals surface area contributed by atoms with Crippen molar-refractivity contribution in [3.8, 4) is 29.4 Å². The first-order valence-electron chi connectivity index (χ1n) is 7.83. The van der Waals surface area contributed by atoms with Crippen LogP contribution in [-0.4, -0.2) is 19.2 Å². The fourth-order valence-electron chi connectivity index (χ4n) is 1.88. The molecular formula is C22H18O3. The van der Waals surface area contributed by atoms with Gasteiger partial charge in [0.25, 0.3) is 0 Å². The maximum Gasteiger partial charge on any atom is 0.335 e. The van der Waals surface area contributed by atoms with Crippen molar-refractivity contribution in [2.24, 2.45) is 0 Å². The van der Waals surface area contributed by atoms with E-state index < -0.39 is 5.97 Å². The van der Waals surface area contributed by atoms with Crippen LogP contribution in [0, 0.1) is 23.7 Å². The molecule has 124 valence electrons. The molecule has 0 unspecified atom stereocenters. The third-order valence-corrected chi connectivity index (χ3v) is 2.98. The summed E-state index contributed by atoms with van der Waals surface area (Å²) in [6.07, 6.45) is 2.99. The van der Waals surface area contributed by atoms with Crippen molar-refractivity contribution in [3.05, 3.63) is 77.9 Å². The highest BCUT2D eigenvalue weighted by Gasteiger charge is 2.03. The quantitative estimate of drug-likeness (QED) is 0.283. The number of benzene rings is 2. The Labute approximate surface area is 148 Å². The number of para-hydroxylation sites is 1. The van der Waals surface area contributed by atoms with Crippen molar-refractivity contribution < 1.29 is 14.3 Å². The molecule has 0 fully saturated rings. The third kappa shape index (κ3) is 6.79. The molecule has 0 spiro atoms. The van der Waals surface area contributed by atoms with E-state index >= 15 is 0 Å². The molecule has 0 bridgehead atoms. The molecule has 3 heteroatoms. The molecule has 0 radical (unpaired) electrons.